The molecule has 4 heterocycles. The maximum atomic E-state index is 11.6. The van der Waals surface area contributed by atoms with Crippen molar-refractivity contribution < 1.29 is 19.2 Å². The molecule has 0 unspecified atom stereocenters. The van der Waals surface area contributed by atoms with E-state index >= 15 is 0 Å². The second kappa shape index (κ2) is 21.0. The number of hydrogen-bond acceptors (Lipinski definition) is 4. The lowest BCUT2D eigenvalue weighted by atomic mass is 9.86. The molecule has 12 rings (SSSR count). The second-order valence-corrected chi connectivity index (χ2v) is 21.7. The van der Waals surface area contributed by atoms with Crippen LogP contribution in [0, 0.1) is 11.8 Å². The van der Waals surface area contributed by atoms with Crippen LogP contribution in [-0.4, -0.2) is 43.6 Å². The summed E-state index contributed by atoms with van der Waals surface area (Å²) in [6.07, 6.45) is 13.0. The molecule has 12 N–H and O–H groups in total. The van der Waals surface area contributed by atoms with Gasteiger partial charge < -0.3 is 42.9 Å². The zero-order chi connectivity index (χ0) is 49.4. The van der Waals surface area contributed by atoms with E-state index in [4.69, 9.17) is 46.1 Å². The molecular weight excluding hydrogens is 1060 g/mol. The highest BCUT2D eigenvalue weighted by molar-refractivity contribution is 9.10. The van der Waals surface area contributed by atoms with Crippen LogP contribution >= 0.6 is 55.1 Å². The summed E-state index contributed by atoms with van der Waals surface area (Å²) in [5.41, 5.74) is 35.6. The van der Waals surface area contributed by atoms with Gasteiger partial charge in [-0.1, -0.05) is 67.9 Å². The normalized spacial score (nSPS) is 19.4. The summed E-state index contributed by atoms with van der Waals surface area (Å²) in [6.45, 7) is 0. The summed E-state index contributed by atoms with van der Waals surface area (Å²) in [4.78, 5) is 59.2. The topological polar surface area (TPSA) is 236 Å². The molecule has 4 aromatic heterocycles. The standard InChI is InChI=1S/2C14H15ClN2O.2C13H13BrN2O/c2*15-8-5-6-12-11(7-8)9-3-1-2-4-10(14(16)18)13(9)17-12;2*14-8-2-4-11-10(6-8)9-3-1-7(13(15)17)5-12(9)16-11/h2*5-7,10,17H,1-4H2,(H2,16,18);2*2,4,6-7,16H,1,3,5H2,(H2,15,17)/t2*10-;2*7-/m1010/s1. The third kappa shape index (κ3) is 10.4. The molecule has 4 aromatic carbocycles. The van der Waals surface area contributed by atoms with Crippen molar-refractivity contribution in [2.75, 3.05) is 0 Å². The monoisotopic (exact) mass is 1110 g/mol. The smallest absolute Gasteiger partial charge is 0.226 e. The minimum absolute atomic E-state index is 0.0148. The highest BCUT2D eigenvalue weighted by atomic mass is 79.9. The van der Waals surface area contributed by atoms with Crippen molar-refractivity contribution >= 4 is 122 Å². The molecule has 364 valence electrons. The number of carbonyl (C=O) groups is 4. The minimum atomic E-state index is -0.240. The molecule has 4 amide bonds. The lowest BCUT2D eigenvalue weighted by Crippen LogP contribution is -2.28. The molecule has 0 radical (unpaired) electrons. The van der Waals surface area contributed by atoms with Gasteiger partial charge in [-0.2, -0.15) is 0 Å². The number of aromatic amines is 4. The van der Waals surface area contributed by atoms with Gasteiger partial charge in [-0.15, -0.1) is 0 Å². The molecule has 4 atom stereocenters. The SMILES string of the molecule is NC(=O)[C@@H]1CCCCc2c1[nH]c1ccc(Cl)cc21.NC(=O)[C@@H]1CCc2c([nH]c3ccc(Br)cc23)C1.NC(=O)[C@H]1CCCCc2c1[nH]c1ccc(Cl)cc21.NC(=O)[C@H]1CCc2c([nH]c3ccc(Br)cc23)C1. The van der Waals surface area contributed by atoms with Gasteiger partial charge in [0.2, 0.25) is 23.6 Å². The number of rotatable bonds is 4. The van der Waals surface area contributed by atoms with E-state index in [1.807, 2.05) is 48.5 Å². The van der Waals surface area contributed by atoms with E-state index in [-0.39, 0.29) is 47.3 Å². The molecule has 16 heteroatoms. The van der Waals surface area contributed by atoms with Crippen LogP contribution in [0.2, 0.25) is 10.0 Å². The third-order valence-corrected chi connectivity index (χ3v) is 16.1. The number of H-pyrrole nitrogens is 4. The Morgan fingerprint density at radius 3 is 1.20 bits per heavy atom. The van der Waals surface area contributed by atoms with Crippen LogP contribution in [-0.2, 0) is 57.7 Å². The van der Waals surface area contributed by atoms with Crippen LogP contribution in [0.25, 0.3) is 43.6 Å². The number of nitrogens with one attached hydrogen (secondary N) is 4. The molecule has 0 saturated heterocycles. The number of aryl methyl sites for hydroxylation is 4. The van der Waals surface area contributed by atoms with Crippen molar-refractivity contribution in [1.82, 2.24) is 19.9 Å². The Balaban J connectivity index is 0.000000116. The summed E-state index contributed by atoms with van der Waals surface area (Å²) < 4.78 is 2.17. The molecule has 4 aliphatic carbocycles. The predicted molar refractivity (Wildman–Crippen MR) is 287 cm³/mol. The number of halogens is 4. The predicted octanol–water partition coefficient (Wildman–Crippen LogP) is 11.3. The van der Waals surface area contributed by atoms with E-state index in [1.165, 1.54) is 44.4 Å². The first-order valence-corrected chi connectivity index (χ1v) is 26.3. The van der Waals surface area contributed by atoms with E-state index in [1.54, 1.807) is 0 Å². The molecule has 4 aliphatic rings. The van der Waals surface area contributed by atoms with Gasteiger partial charge in [-0.3, -0.25) is 19.2 Å². The molecular formula is C54H56Br2Cl2N8O4. The first-order valence-electron chi connectivity index (χ1n) is 24.0. The van der Waals surface area contributed by atoms with Crippen molar-refractivity contribution in [2.24, 2.45) is 34.8 Å². The maximum absolute atomic E-state index is 11.6. The molecule has 70 heavy (non-hydrogen) atoms. The average molecular weight is 1110 g/mol. The molecule has 0 spiro atoms. The van der Waals surface area contributed by atoms with Crippen LogP contribution in [0.5, 0.6) is 0 Å². The van der Waals surface area contributed by atoms with Gasteiger partial charge in [-0.25, -0.2) is 0 Å². The van der Waals surface area contributed by atoms with Crippen LogP contribution in [0.4, 0.5) is 0 Å². The van der Waals surface area contributed by atoms with E-state index in [9.17, 15) is 19.2 Å². The molecule has 0 aliphatic heterocycles. The number of nitrogens with two attached hydrogens (primary N) is 4. The first-order chi connectivity index (χ1) is 33.6. The van der Waals surface area contributed by atoms with E-state index in [0.29, 0.717) is 0 Å². The summed E-state index contributed by atoms with van der Waals surface area (Å²) in [6, 6.07) is 24.0. The van der Waals surface area contributed by atoms with Gasteiger partial charge in [0.1, 0.15) is 0 Å². The summed E-state index contributed by atoms with van der Waals surface area (Å²) in [5.74, 6) is -1.25. The Bertz CT molecular complexity index is 3100. The van der Waals surface area contributed by atoms with Gasteiger partial charge in [-0.05, 0) is 172 Å². The largest absolute Gasteiger partial charge is 0.369 e. The molecule has 8 aromatic rings. The second-order valence-electron chi connectivity index (χ2n) is 19.0. The number of amides is 4. The molecule has 0 fully saturated rings. The zero-order valence-corrected chi connectivity index (χ0v) is 43.3. The Morgan fingerprint density at radius 1 is 0.443 bits per heavy atom. The van der Waals surface area contributed by atoms with Crippen molar-refractivity contribution in [3.05, 3.63) is 137 Å². The Kier molecular flexibility index (Phi) is 14.9. The number of fused-ring (bicyclic) bond motifs is 12. The Morgan fingerprint density at radius 2 is 0.814 bits per heavy atom. The highest BCUT2D eigenvalue weighted by Gasteiger charge is 2.30. The van der Waals surface area contributed by atoms with Crippen molar-refractivity contribution in [3.8, 4) is 0 Å². The van der Waals surface area contributed by atoms with Crippen molar-refractivity contribution in [3.63, 3.8) is 0 Å². The van der Waals surface area contributed by atoms with Crippen molar-refractivity contribution in [1.29, 1.82) is 0 Å². The third-order valence-electron chi connectivity index (χ3n) is 14.6. The van der Waals surface area contributed by atoms with Gasteiger partial charge >= 0.3 is 0 Å². The van der Waals surface area contributed by atoms with Gasteiger partial charge in [0.25, 0.3) is 0 Å². The van der Waals surface area contributed by atoms with Crippen LogP contribution < -0.4 is 22.9 Å². The van der Waals surface area contributed by atoms with Crippen LogP contribution in [0.3, 0.4) is 0 Å². The maximum Gasteiger partial charge on any atom is 0.226 e. The van der Waals surface area contributed by atoms with E-state index < -0.39 is 0 Å². The Hall–Kier alpha value is -5.54. The summed E-state index contributed by atoms with van der Waals surface area (Å²) >= 11 is 19.1. The Labute approximate surface area is 432 Å². The van der Waals surface area contributed by atoms with Gasteiger partial charge in [0.05, 0.1) is 11.8 Å². The van der Waals surface area contributed by atoms with Crippen LogP contribution in [0.15, 0.2) is 81.7 Å². The molecule has 0 saturated carbocycles. The first kappa shape index (κ1) is 49.4. The van der Waals surface area contributed by atoms with Crippen LogP contribution in [0.1, 0.15) is 108 Å². The van der Waals surface area contributed by atoms with Crippen molar-refractivity contribution in [2.45, 2.75) is 102 Å². The quantitative estimate of drug-likeness (QED) is 0.0803. The van der Waals surface area contributed by atoms with E-state index in [0.717, 1.165) is 153 Å². The fourth-order valence-electron chi connectivity index (χ4n) is 11.1. The molecule has 12 nitrogen and oxygen atoms in total. The number of hydrogen-bond donors (Lipinski definition) is 8. The minimum Gasteiger partial charge on any atom is -0.369 e. The fourth-order valence-corrected chi connectivity index (χ4v) is 12.1. The number of carbonyl (C=O) groups excluding carboxylic acids is 4. The fraction of sp³-hybridized carbons (Fsp3) is 0.333. The number of aromatic nitrogens is 4. The summed E-state index contributed by atoms with van der Waals surface area (Å²) in [5, 5.41) is 6.24. The number of primary amides is 4. The highest BCUT2D eigenvalue weighted by Crippen LogP contribution is 2.38. The molecule has 0 bridgehead atoms. The van der Waals surface area contributed by atoms with Gasteiger partial charge in [0.15, 0.2) is 0 Å². The average Bonchev–Trinajstić information content (AvgIpc) is 4.00. The van der Waals surface area contributed by atoms with E-state index in [2.05, 4.69) is 76.1 Å². The lowest BCUT2D eigenvalue weighted by Gasteiger charge is -2.19. The van der Waals surface area contributed by atoms with Gasteiger partial charge in [0, 0.05) is 97.2 Å². The summed E-state index contributed by atoms with van der Waals surface area (Å²) in [7, 11) is 0. The number of benzene rings is 4. The zero-order valence-electron chi connectivity index (χ0n) is 38.6. The lowest BCUT2D eigenvalue weighted by molar-refractivity contribution is -0.122.